The molecule has 0 radical (unpaired) electrons. The monoisotopic (exact) mass is 272 g/mol. The van der Waals surface area contributed by atoms with Gasteiger partial charge in [0.2, 0.25) is 0 Å². The van der Waals surface area contributed by atoms with E-state index in [9.17, 15) is 4.79 Å². The van der Waals surface area contributed by atoms with Crippen molar-refractivity contribution in [3.05, 3.63) is 69.7 Å². The molecule has 2 aromatic rings. The number of benzene rings is 2. The van der Waals surface area contributed by atoms with Gasteiger partial charge in [-0.1, -0.05) is 48.0 Å². The maximum absolute atomic E-state index is 12.1. The Labute approximate surface area is 119 Å². The molecule has 0 fully saturated rings. The molecule has 0 spiro atoms. The Morgan fingerprint density at radius 1 is 1.05 bits per heavy atom. The standard InChI is InChI=1S/C17H17ClO/c1-12-5-3-4-6-14(12)9-10-17(19)15-8-7-13(2)16(18)11-15/h3-8,11H,9-10H2,1-2H3. The number of aryl methyl sites for hydroxylation is 3. The highest BCUT2D eigenvalue weighted by molar-refractivity contribution is 6.31. The van der Waals surface area contributed by atoms with Gasteiger partial charge in [0.25, 0.3) is 0 Å². The summed E-state index contributed by atoms with van der Waals surface area (Å²) < 4.78 is 0. The number of carbonyl (C=O) groups is 1. The van der Waals surface area contributed by atoms with E-state index in [4.69, 9.17) is 11.6 Å². The highest BCUT2D eigenvalue weighted by Gasteiger charge is 2.08. The van der Waals surface area contributed by atoms with E-state index in [1.165, 1.54) is 11.1 Å². The van der Waals surface area contributed by atoms with Crippen molar-refractivity contribution in [3.63, 3.8) is 0 Å². The van der Waals surface area contributed by atoms with Crippen LogP contribution in [0.2, 0.25) is 5.02 Å². The van der Waals surface area contributed by atoms with Gasteiger partial charge in [-0.2, -0.15) is 0 Å². The van der Waals surface area contributed by atoms with Crippen LogP contribution < -0.4 is 0 Å². The zero-order valence-electron chi connectivity index (χ0n) is 11.2. The van der Waals surface area contributed by atoms with Gasteiger partial charge >= 0.3 is 0 Å². The molecule has 98 valence electrons. The van der Waals surface area contributed by atoms with Gasteiger partial charge < -0.3 is 0 Å². The first-order valence-electron chi connectivity index (χ1n) is 6.42. The van der Waals surface area contributed by atoms with Gasteiger partial charge in [0.15, 0.2) is 5.78 Å². The van der Waals surface area contributed by atoms with Crippen LogP contribution in [0.25, 0.3) is 0 Å². The zero-order chi connectivity index (χ0) is 13.8. The smallest absolute Gasteiger partial charge is 0.163 e. The summed E-state index contributed by atoms with van der Waals surface area (Å²) in [6, 6.07) is 13.7. The van der Waals surface area contributed by atoms with Gasteiger partial charge in [-0.15, -0.1) is 0 Å². The topological polar surface area (TPSA) is 17.1 Å². The SMILES string of the molecule is Cc1ccc(C(=O)CCc2ccccc2C)cc1Cl. The molecule has 0 unspecified atom stereocenters. The molecule has 0 aliphatic carbocycles. The van der Waals surface area contributed by atoms with Gasteiger partial charge in [-0.05, 0) is 43.0 Å². The molecule has 2 aromatic carbocycles. The number of carbonyl (C=O) groups excluding carboxylic acids is 1. The maximum Gasteiger partial charge on any atom is 0.163 e. The molecule has 0 N–H and O–H groups in total. The number of Topliss-reactive ketones (excluding diaryl/α,β-unsaturated/α-hetero) is 1. The fourth-order valence-electron chi connectivity index (χ4n) is 2.05. The molecule has 2 heteroatoms. The molecule has 0 atom stereocenters. The third-order valence-electron chi connectivity index (χ3n) is 3.38. The van der Waals surface area contributed by atoms with E-state index < -0.39 is 0 Å². The minimum absolute atomic E-state index is 0.144. The van der Waals surface area contributed by atoms with Crippen molar-refractivity contribution in [2.75, 3.05) is 0 Å². The molecule has 0 aliphatic heterocycles. The molecule has 19 heavy (non-hydrogen) atoms. The molecular weight excluding hydrogens is 256 g/mol. The largest absolute Gasteiger partial charge is 0.294 e. The van der Waals surface area contributed by atoms with Crippen molar-refractivity contribution in [2.45, 2.75) is 26.7 Å². The quantitative estimate of drug-likeness (QED) is 0.733. The Hall–Kier alpha value is -1.60. The molecule has 2 rings (SSSR count). The predicted octanol–water partition coefficient (Wildman–Crippen LogP) is 4.77. The number of rotatable bonds is 4. The van der Waals surface area contributed by atoms with E-state index in [0.29, 0.717) is 17.0 Å². The van der Waals surface area contributed by atoms with Crippen molar-refractivity contribution in [3.8, 4) is 0 Å². The van der Waals surface area contributed by atoms with Crippen LogP contribution in [-0.2, 0) is 6.42 Å². The second-order valence-electron chi connectivity index (χ2n) is 4.81. The number of ketones is 1. The summed E-state index contributed by atoms with van der Waals surface area (Å²) in [5.74, 6) is 0.144. The van der Waals surface area contributed by atoms with Crippen LogP contribution >= 0.6 is 11.6 Å². The second kappa shape index (κ2) is 6.03. The van der Waals surface area contributed by atoms with Gasteiger partial charge in [0.05, 0.1) is 0 Å². The molecule has 0 aliphatic rings. The van der Waals surface area contributed by atoms with Gasteiger partial charge in [-0.3, -0.25) is 4.79 Å². The Bertz CT molecular complexity index is 602. The first-order valence-corrected chi connectivity index (χ1v) is 6.79. The summed E-state index contributed by atoms with van der Waals surface area (Å²) in [4.78, 5) is 12.1. The lowest BCUT2D eigenvalue weighted by Crippen LogP contribution is -2.02. The van der Waals surface area contributed by atoms with Crippen molar-refractivity contribution in [1.82, 2.24) is 0 Å². The second-order valence-corrected chi connectivity index (χ2v) is 5.22. The lowest BCUT2D eigenvalue weighted by atomic mass is 9.99. The van der Waals surface area contributed by atoms with Crippen LogP contribution in [0.15, 0.2) is 42.5 Å². The van der Waals surface area contributed by atoms with E-state index >= 15 is 0 Å². The number of hydrogen-bond acceptors (Lipinski definition) is 1. The Morgan fingerprint density at radius 2 is 1.79 bits per heavy atom. The van der Waals surface area contributed by atoms with Crippen LogP contribution in [-0.4, -0.2) is 5.78 Å². The van der Waals surface area contributed by atoms with Crippen LogP contribution in [0.3, 0.4) is 0 Å². The van der Waals surface area contributed by atoms with Crippen LogP contribution in [0.4, 0.5) is 0 Å². The van der Waals surface area contributed by atoms with Crippen molar-refractivity contribution < 1.29 is 4.79 Å². The fourth-order valence-corrected chi connectivity index (χ4v) is 2.23. The highest BCUT2D eigenvalue weighted by Crippen LogP contribution is 2.18. The molecular formula is C17H17ClO. The van der Waals surface area contributed by atoms with E-state index in [-0.39, 0.29) is 5.78 Å². The van der Waals surface area contributed by atoms with Crippen molar-refractivity contribution >= 4 is 17.4 Å². The average molecular weight is 273 g/mol. The summed E-state index contributed by atoms with van der Waals surface area (Å²) in [6.07, 6.45) is 1.29. The molecule has 0 saturated carbocycles. The lowest BCUT2D eigenvalue weighted by Gasteiger charge is -2.06. The molecule has 0 saturated heterocycles. The number of hydrogen-bond donors (Lipinski definition) is 0. The third-order valence-corrected chi connectivity index (χ3v) is 3.78. The van der Waals surface area contributed by atoms with Gasteiger partial charge in [-0.25, -0.2) is 0 Å². The van der Waals surface area contributed by atoms with Gasteiger partial charge in [0, 0.05) is 17.0 Å². The van der Waals surface area contributed by atoms with Crippen LogP contribution in [0.5, 0.6) is 0 Å². The van der Waals surface area contributed by atoms with E-state index in [0.717, 1.165) is 12.0 Å². The molecule has 0 bridgehead atoms. The minimum atomic E-state index is 0.144. The summed E-state index contributed by atoms with van der Waals surface area (Å²) >= 11 is 6.05. The summed E-state index contributed by atoms with van der Waals surface area (Å²) in [6.45, 7) is 4.01. The minimum Gasteiger partial charge on any atom is -0.294 e. The molecule has 0 heterocycles. The van der Waals surface area contributed by atoms with E-state index in [1.807, 2.05) is 31.2 Å². The van der Waals surface area contributed by atoms with Crippen LogP contribution in [0, 0.1) is 13.8 Å². The highest BCUT2D eigenvalue weighted by atomic mass is 35.5. The van der Waals surface area contributed by atoms with E-state index in [2.05, 4.69) is 19.1 Å². The van der Waals surface area contributed by atoms with E-state index in [1.54, 1.807) is 6.07 Å². The summed E-state index contributed by atoms with van der Waals surface area (Å²) in [7, 11) is 0. The van der Waals surface area contributed by atoms with Crippen molar-refractivity contribution in [1.29, 1.82) is 0 Å². The predicted molar refractivity (Wildman–Crippen MR) is 80.0 cm³/mol. The first-order chi connectivity index (χ1) is 9.08. The molecule has 0 amide bonds. The third kappa shape index (κ3) is 3.45. The number of halogens is 1. The normalized spacial score (nSPS) is 10.5. The van der Waals surface area contributed by atoms with Crippen molar-refractivity contribution in [2.24, 2.45) is 0 Å². The summed E-state index contributed by atoms with van der Waals surface area (Å²) in [5, 5.41) is 0.654. The zero-order valence-corrected chi connectivity index (χ0v) is 12.0. The Kier molecular flexibility index (Phi) is 4.39. The fraction of sp³-hybridized carbons (Fsp3) is 0.235. The van der Waals surface area contributed by atoms with Crippen LogP contribution in [0.1, 0.15) is 33.5 Å². The lowest BCUT2D eigenvalue weighted by molar-refractivity contribution is 0.0983. The molecule has 0 aromatic heterocycles. The maximum atomic E-state index is 12.1. The average Bonchev–Trinajstić information content (AvgIpc) is 2.40. The Morgan fingerprint density at radius 3 is 2.47 bits per heavy atom. The summed E-state index contributed by atoms with van der Waals surface area (Å²) in [5.41, 5.74) is 4.16. The first kappa shape index (κ1) is 13.8. The Balaban J connectivity index is 2.05. The van der Waals surface area contributed by atoms with Gasteiger partial charge in [0.1, 0.15) is 0 Å². The molecule has 1 nitrogen and oxygen atoms in total.